The van der Waals surface area contributed by atoms with Crippen LogP contribution in [0.1, 0.15) is 42.4 Å². The number of benzene rings is 1. The average molecular weight is 372 g/mol. The molecule has 0 fully saturated rings. The van der Waals surface area contributed by atoms with E-state index in [1.807, 2.05) is 0 Å². The molecule has 0 N–H and O–H groups in total. The summed E-state index contributed by atoms with van der Waals surface area (Å²) in [6, 6.07) is 10.6. The summed E-state index contributed by atoms with van der Waals surface area (Å²) in [5.74, 6) is 1.14. The fourth-order valence-corrected chi connectivity index (χ4v) is 3.18. The number of nitrogens with zero attached hydrogens (tertiary/aromatic N) is 3. The molecule has 0 aliphatic heterocycles. The summed E-state index contributed by atoms with van der Waals surface area (Å²) < 4.78 is 3.39. The van der Waals surface area contributed by atoms with Crippen LogP contribution in [-0.4, -0.2) is 14.5 Å². The number of aryl methyl sites for hydroxylation is 3. The SMILES string of the molecule is CCCCc1nc2c(C)cc(C)nc2n1Cc1ccc(Br)cc1. The van der Waals surface area contributed by atoms with Crippen LogP contribution in [0, 0.1) is 13.8 Å². The van der Waals surface area contributed by atoms with Crippen molar-refractivity contribution in [3.8, 4) is 0 Å². The maximum absolute atomic E-state index is 4.90. The lowest BCUT2D eigenvalue weighted by molar-refractivity contribution is 0.686. The lowest BCUT2D eigenvalue weighted by Crippen LogP contribution is -2.06. The molecule has 3 aromatic rings. The van der Waals surface area contributed by atoms with E-state index in [0.717, 1.165) is 46.5 Å². The van der Waals surface area contributed by atoms with Crippen LogP contribution in [0.3, 0.4) is 0 Å². The number of imidazole rings is 1. The molecule has 0 aliphatic rings. The third-order valence-corrected chi connectivity index (χ3v) is 4.64. The number of hydrogen-bond acceptors (Lipinski definition) is 2. The lowest BCUT2D eigenvalue weighted by atomic mass is 10.2. The van der Waals surface area contributed by atoms with Crippen molar-refractivity contribution in [2.24, 2.45) is 0 Å². The highest BCUT2D eigenvalue weighted by atomic mass is 79.9. The minimum atomic E-state index is 0.818. The molecule has 0 saturated carbocycles. The molecular weight excluding hydrogens is 350 g/mol. The number of hydrogen-bond donors (Lipinski definition) is 0. The van der Waals surface area contributed by atoms with Crippen molar-refractivity contribution in [1.82, 2.24) is 14.5 Å². The van der Waals surface area contributed by atoms with Crippen LogP contribution in [0.15, 0.2) is 34.8 Å². The Bertz CT molecular complexity index is 819. The van der Waals surface area contributed by atoms with Crippen molar-refractivity contribution in [1.29, 1.82) is 0 Å². The highest BCUT2D eigenvalue weighted by Gasteiger charge is 2.14. The van der Waals surface area contributed by atoms with Crippen molar-refractivity contribution >= 4 is 27.1 Å². The summed E-state index contributed by atoms with van der Waals surface area (Å²) in [4.78, 5) is 9.67. The van der Waals surface area contributed by atoms with Gasteiger partial charge in [0.15, 0.2) is 5.65 Å². The van der Waals surface area contributed by atoms with Crippen LogP contribution >= 0.6 is 15.9 Å². The molecule has 23 heavy (non-hydrogen) atoms. The molecule has 1 aromatic carbocycles. The molecule has 0 spiro atoms. The molecule has 0 radical (unpaired) electrons. The average Bonchev–Trinajstić information content (AvgIpc) is 2.86. The Balaban J connectivity index is 2.09. The molecule has 4 heteroatoms. The Hall–Kier alpha value is -1.68. The second-order valence-electron chi connectivity index (χ2n) is 6.10. The molecule has 0 amide bonds. The van der Waals surface area contributed by atoms with Crippen LogP contribution in [0.2, 0.25) is 0 Å². The summed E-state index contributed by atoms with van der Waals surface area (Å²) in [7, 11) is 0. The second kappa shape index (κ2) is 6.83. The summed E-state index contributed by atoms with van der Waals surface area (Å²) >= 11 is 3.50. The fraction of sp³-hybridized carbons (Fsp3) is 0.368. The maximum Gasteiger partial charge on any atom is 0.160 e. The van der Waals surface area contributed by atoms with Gasteiger partial charge in [0.1, 0.15) is 11.3 Å². The summed E-state index contributed by atoms with van der Waals surface area (Å²) in [5, 5.41) is 0. The summed E-state index contributed by atoms with van der Waals surface area (Å²) in [5.41, 5.74) is 5.58. The van der Waals surface area contributed by atoms with Gasteiger partial charge in [-0.2, -0.15) is 0 Å². The van der Waals surface area contributed by atoms with E-state index in [-0.39, 0.29) is 0 Å². The van der Waals surface area contributed by atoms with Crippen molar-refractivity contribution in [2.75, 3.05) is 0 Å². The molecule has 0 saturated heterocycles. The number of halogens is 1. The normalized spacial score (nSPS) is 11.3. The lowest BCUT2D eigenvalue weighted by Gasteiger charge is -2.09. The van der Waals surface area contributed by atoms with E-state index in [4.69, 9.17) is 9.97 Å². The molecule has 120 valence electrons. The zero-order chi connectivity index (χ0) is 16.4. The number of aromatic nitrogens is 3. The van der Waals surface area contributed by atoms with Crippen molar-refractivity contribution in [3.63, 3.8) is 0 Å². The molecule has 0 unspecified atom stereocenters. The van der Waals surface area contributed by atoms with E-state index >= 15 is 0 Å². The van der Waals surface area contributed by atoms with Crippen LogP contribution < -0.4 is 0 Å². The minimum Gasteiger partial charge on any atom is -0.308 e. The second-order valence-corrected chi connectivity index (χ2v) is 7.01. The quantitative estimate of drug-likeness (QED) is 0.616. The topological polar surface area (TPSA) is 30.7 Å². The highest BCUT2D eigenvalue weighted by Crippen LogP contribution is 2.22. The van der Waals surface area contributed by atoms with Crippen molar-refractivity contribution in [2.45, 2.75) is 46.6 Å². The predicted molar refractivity (Wildman–Crippen MR) is 98.9 cm³/mol. The van der Waals surface area contributed by atoms with Crippen molar-refractivity contribution < 1.29 is 0 Å². The van der Waals surface area contributed by atoms with Gasteiger partial charge in [-0.1, -0.05) is 41.4 Å². The van der Waals surface area contributed by atoms with E-state index in [0.29, 0.717) is 0 Å². The first-order valence-corrected chi connectivity index (χ1v) is 8.95. The van der Waals surface area contributed by atoms with Gasteiger partial charge in [0, 0.05) is 16.6 Å². The van der Waals surface area contributed by atoms with Gasteiger partial charge in [-0.15, -0.1) is 0 Å². The fourth-order valence-electron chi connectivity index (χ4n) is 2.91. The van der Waals surface area contributed by atoms with Crippen molar-refractivity contribution in [3.05, 3.63) is 57.4 Å². The first kappa shape index (κ1) is 16.2. The molecule has 2 heterocycles. The molecule has 0 atom stereocenters. The zero-order valence-electron chi connectivity index (χ0n) is 13.9. The van der Waals surface area contributed by atoms with E-state index in [2.05, 4.69) is 71.6 Å². The molecule has 0 bridgehead atoms. The molecule has 3 rings (SSSR count). The van der Waals surface area contributed by atoms with Gasteiger partial charge in [-0.05, 0) is 49.6 Å². The largest absolute Gasteiger partial charge is 0.308 e. The van der Waals surface area contributed by atoms with E-state index in [9.17, 15) is 0 Å². The van der Waals surface area contributed by atoms with Gasteiger partial charge in [0.2, 0.25) is 0 Å². The third kappa shape index (κ3) is 3.47. The van der Waals surface area contributed by atoms with Gasteiger partial charge in [0.25, 0.3) is 0 Å². The molecule has 0 aliphatic carbocycles. The van der Waals surface area contributed by atoms with E-state index in [1.165, 1.54) is 17.5 Å². The zero-order valence-corrected chi connectivity index (χ0v) is 15.5. The van der Waals surface area contributed by atoms with Gasteiger partial charge >= 0.3 is 0 Å². The molecule has 2 aromatic heterocycles. The number of rotatable bonds is 5. The van der Waals surface area contributed by atoms with Gasteiger partial charge in [-0.25, -0.2) is 9.97 Å². The predicted octanol–water partition coefficient (Wildman–Crippen LogP) is 5.20. The first-order valence-electron chi connectivity index (χ1n) is 8.16. The van der Waals surface area contributed by atoms with Crippen LogP contribution in [0.4, 0.5) is 0 Å². The third-order valence-electron chi connectivity index (χ3n) is 4.11. The Morgan fingerprint density at radius 3 is 2.52 bits per heavy atom. The standard InChI is InChI=1S/C19H22BrN3/c1-4-5-6-17-22-18-13(2)11-14(3)21-19(18)23(17)12-15-7-9-16(20)10-8-15/h7-11H,4-6,12H2,1-3H3. The van der Waals surface area contributed by atoms with Crippen LogP contribution in [0.5, 0.6) is 0 Å². The van der Waals surface area contributed by atoms with Crippen LogP contribution in [-0.2, 0) is 13.0 Å². The Kier molecular flexibility index (Phi) is 4.81. The van der Waals surface area contributed by atoms with E-state index < -0.39 is 0 Å². The van der Waals surface area contributed by atoms with Gasteiger partial charge in [-0.3, -0.25) is 0 Å². The Morgan fingerprint density at radius 2 is 1.83 bits per heavy atom. The number of fused-ring (bicyclic) bond motifs is 1. The van der Waals surface area contributed by atoms with E-state index in [1.54, 1.807) is 0 Å². The minimum absolute atomic E-state index is 0.818. The monoisotopic (exact) mass is 371 g/mol. The number of unbranched alkanes of at least 4 members (excludes halogenated alkanes) is 1. The molecule has 3 nitrogen and oxygen atoms in total. The van der Waals surface area contributed by atoms with Gasteiger partial charge in [0.05, 0.1) is 6.54 Å². The summed E-state index contributed by atoms with van der Waals surface area (Å²) in [6.07, 6.45) is 3.33. The highest BCUT2D eigenvalue weighted by molar-refractivity contribution is 9.10. The number of pyridine rings is 1. The Labute approximate surface area is 145 Å². The first-order chi connectivity index (χ1) is 11.1. The smallest absolute Gasteiger partial charge is 0.160 e. The van der Waals surface area contributed by atoms with Gasteiger partial charge < -0.3 is 4.57 Å². The maximum atomic E-state index is 4.90. The molecular formula is C19H22BrN3. The van der Waals surface area contributed by atoms with Crippen LogP contribution in [0.25, 0.3) is 11.2 Å². The summed E-state index contributed by atoms with van der Waals surface area (Å²) in [6.45, 7) is 7.21. The Morgan fingerprint density at radius 1 is 1.09 bits per heavy atom.